The van der Waals surface area contributed by atoms with Gasteiger partial charge in [0.2, 0.25) is 0 Å². The first kappa shape index (κ1) is 17.7. The number of benzene rings is 2. The Balaban J connectivity index is 2.53. The Bertz CT molecular complexity index is 852. The van der Waals surface area contributed by atoms with Gasteiger partial charge in [-0.05, 0) is 31.2 Å². The smallest absolute Gasteiger partial charge is 0.265 e. The molecule has 0 fully saturated rings. The Morgan fingerprint density at radius 1 is 1.04 bits per heavy atom. The topological polar surface area (TPSA) is 55.8 Å². The number of hydrogen-bond donors (Lipinski definition) is 0. The highest BCUT2D eigenvalue weighted by Gasteiger charge is 2.25. The summed E-state index contributed by atoms with van der Waals surface area (Å²) in [5, 5.41) is 0. The minimum absolute atomic E-state index is 0.0916. The minimum atomic E-state index is -3.78. The molecule has 0 atom stereocenters. The minimum Gasteiger partial charge on any atom is -0.493 e. The van der Waals surface area contributed by atoms with Gasteiger partial charge in [-0.1, -0.05) is 23.6 Å². The lowest BCUT2D eigenvalue weighted by Crippen LogP contribution is -2.31. The second-order valence-corrected chi connectivity index (χ2v) is 6.93. The first-order chi connectivity index (χ1) is 11.4. The molecule has 5 nitrogen and oxygen atoms in total. The number of rotatable bonds is 6. The van der Waals surface area contributed by atoms with E-state index >= 15 is 0 Å². The van der Waals surface area contributed by atoms with Crippen molar-refractivity contribution in [2.24, 2.45) is 0 Å². The van der Waals surface area contributed by atoms with Crippen molar-refractivity contribution in [3.63, 3.8) is 0 Å². The fraction of sp³-hybridized carbons (Fsp3) is 0.222. The highest BCUT2D eigenvalue weighted by atomic mass is 32.2. The number of nitrogens with zero attached hydrogens (tertiary/aromatic N) is 1. The second-order valence-electron chi connectivity index (χ2n) is 5.07. The standard InChI is InChI=1S/C18H19NO4S/c1-5-12-19(15-8-11-17(22-3)18(13-15)23-4)24(20,21)16-9-6-14(2)7-10-16/h1,6-11,13H,12H2,2-4H3. The maximum Gasteiger partial charge on any atom is 0.265 e. The summed E-state index contributed by atoms with van der Waals surface area (Å²) in [5.41, 5.74) is 1.38. The van der Waals surface area contributed by atoms with Gasteiger partial charge in [0, 0.05) is 6.07 Å². The van der Waals surface area contributed by atoms with Crippen LogP contribution in [0.2, 0.25) is 0 Å². The van der Waals surface area contributed by atoms with Gasteiger partial charge in [-0.3, -0.25) is 4.31 Å². The van der Waals surface area contributed by atoms with E-state index in [1.807, 2.05) is 6.92 Å². The van der Waals surface area contributed by atoms with Crippen LogP contribution in [-0.2, 0) is 10.0 Å². The molecule has 2 aromatic carbocycles. The van der Waals surface area contributed by atoms with Crippen molar-refractivity contribution in [3.8, 4) is 23.8 Å². The van der Waals surface area contributed by atoms with Crippen LogP contribution in [0.3, 0.4) is 0 Å². The summed E-state index contributed by atoms with van der Waals surface area (Å²) in [4.78, 5) is 0.179. The van der Waals surface area contributed by atoms with Gasteiger partial charge in [-0.25, -0.2) is 8.42 Å². The van der Waals surface area contributed by atoms with Gasteiger partial charge in [0.1, 0.15) is 0 Å². The third-order valence-corrected chi connectivity index (χ3v) is 5.29. The van der Waals surface area contributed by atoms with Gasteiger partial charge >= 0.3 is 0 Å². The van der Waals surface area contributed by atoms with Crippen molar-refractivity contribution in [1.82, 2.24) is 0 Å². The van der Waals surface area contributed by atoms with Crippen molar-refractivity contribution in [2.45, 2.75) is 11.8 Å². The number of methoxy groups -OCH3 is 2. The zero-order valence-corrected chi connectivity index (χ0v) is 14.6. The summed E-state index contributed by atoms with van der Waals surface area (Å²) < 4.78 is 37.5. The van der Waals surface area contributed by atoms with E-state index in [4.69, 9.17) is 15.9 Å². The predicted molar refractivity (Wildman–Crippen MR) is 94.1 cm³/mol. The maximum atomic E-state index is 12.9. The highest BCUT2D eigenvalue weighted by molar-refractivity contribution is 7.92. The van der Waals surface area contributed by atoms with Gasteiger partial charge in [-0.2, -0.15) is 0 Å². The van der Waals surface area contributed by atoms with E-state index in [0.29, 0.717) is 17.2 Å². The van der Waals surface area contributed by atoms with Crippen molar-refractivity contribution < 1.29 is 17.9 Å². The molecule has 0 aliphatic carbocycles. The number of aryl methyl sites for hydroxylation is 1. The quantitative estimate of drug-likeness (QED) is 0.756. The molecule has 0 heterocycles. The molecular weight excluding hydrogens is 326 g/mol. The predicted octanol–water partition coefficient (Wildman–Crippen LogP) is 2.84. The van der Waals surface area contributed by atoms with E-state index < -0.39 is 10.0 Å². The number of anilines is 1. The molecule has 126 valence electrons. The summed E-state index contributed by atoms with van der Waals surface area (Å²) in [5.74, 6) is 3.33. The molecule has 0 saturated heterocycles. The zero-order chi connectivity index (χ0) is 17.7. The Morgan fingerprint density at radius 3 is 2.21 bits per heavy atom. The van der Waals surface area contributed by atoms with E-state index in [9.17, 15) is 8.42 Å². The normalized spacial score (nSPS) is 10.8. The number of sulfonamides is 1. The summed E-state index contributed by atoms with van der Waals surface area (Å²) in [6.07, 6.45) is 5.38. The lowest BCUT2D eigenvalue weighted by atomic mass is 10.2. The van der Waals surface area contributed by atoms with Gasteiger partial charge < -0.3 is 9.47 Å². The molecule has 0 N–H and O–H groups in total. The van der Waals surface area contributed by atoms with E-state index in [0.717, 1.165) is 5.56 Å². The van der Waals surface area contributed by atoms with E-state index in [-0.39, 0.29) is 11.4 Å². The SMILES string of the molecule is C#CCN(c1ccc(OC)c(OC)c1)S(=O)(=O)c1ccc(C)cc1. The van der Waals surface area contributed by atoms with Crippen molar-refractivity contribution in [1.29, 1.82) is 0 Å². The van der Waals surface area contributed by atoms with E-state index in [2.05, 4.69) is 5.92 Å². The molecule has 0 aliphatic heterocycles. The highest BCUT2D eigenvalue weighted by Crippen LogP contribution is 2.33. The molecule has 0 amide bonds. The third-order valence-electron chi connectivity index (χ3n) is 3.50. The number of hydrogen-bond acceptors (Lipinski definition) is 4. The van der Waals surface area contributed by atoms with Crippen LogP contribution in [0, 0.1) is 19.3 Å². The summed E-state index contributed by atoms with van der Waals surface area (Å²) in [6, 6.07) is 11.5. The van der Waals surface area contributed by atoms with Gasteiger partial charge in [0.25, 0.3) is 10.0 Å². The Hall–Kier alpha value is -2.65. The average molecular weight is 345 g/mol. The van der Waals surface area contributed by atoms with Gasteiger partial charge in [0.05, 0.1) is 31.3 Å². The van der Waals surface area contributed by atoms with Crippen LogP contribution < -0.4 is 13.8 Å². The largest absolute Gasteiger partial charge is 0.493 e. The van der Waals surface area contributed by atoms with Crippen LogP contribution in [0.25, 0.3) is 0 Å². The molecule has 0 bridgehead atoms. The van der Waals surface area contributed by atoms with Crippen LogP contribution in [0.5, 0.6) is 11.5 Å². The molecular formula is C18H19NO4S. The summed E-state index contributed by atoms with van der Waals surface area (Å²) in [7, 11) is -0.782. The summed E-state index contributed by atoms with van der Waals surface area (Å²) in [6.45, 7) is 1.80. The average Bonchev–Trinajstić information content (AvgIpc) is 2.59. The van der Waals surface area contributed by atoms with E-state index in [1.165, 1.54) is 18.5 Å². The number of ether oxygens (including phenoxy) is 2. The summed E-state index contributed by atoms with van der Waals surface area (Å²) >= 11 is 0. The van der Waals surface area contributed by atoms with Crippen LogP contribution in [-0.4, -0.2) is 29.2 Å². The van der Waals surface area contributed by atoms with Crippen LogP contribution in [0.1, 0.15) is 5.56 Å². The molecule has 2 rings (SSSR count). The fourth-order valence-corrected chi connectivity index (χ4v) is 3.59. The van der Waals surface area contributed by atoms with Gasteiger partial charge in [0.15, 0.2) is 11.5 Å². The van der Waals surface area contributed by atoms with Crippen LogP contribution >= 0.6 is 0 Å². The van der Waals surface area contributed by atoms with Crippen molar-refractivity contribution >= 4 is 15.7 Å². The maximum absolute atomic E-state index is 12.9. The molecule has 0 spiro atoms. The first-order valence-corrected chi connectivity index (χ1v) is 8.63. The molecule has 0 saturated carbocycles. The molecule has 0 aromatic heterocycles. The van der Waals surface area contributed by atoms with Crippen LogP contribution in [0.15, 0.2) is 47.4 Å². The Kier molecular flexibility index (Phi) is 5.37. The molecule has 24 heavy (non-hydrogen) atoms. The lowest BCUT2D eigenvalue weighted by Gasteiger charge is -2.23. The molecule has 2 aromatic rings. The number of terminal acetylenes is 1. The molecule has 0 unspecified atom stereocenters. The van der Waals surface area contributed by atoms with Crippen molar-refractivity contribution in [2.75, 3.05) is 25.1 Å². The molecule has 0 radical (unpaired) electrons. The fourth-order valence-electron chi connectivity index (χ4n) is 2.22. The van der Waals surface area contributed by atoms with Gasteiger partial charge in [-0.15, -0.1) is 6.42 Å². The first-order valence-electron chi connectivity index (χ1n) is 7.19. The third kappa shape index (κ3) is 3.47. The zero-order valence-electron chi connectivity index (χ0n) is 13.8. The molecule has 6 heteroatoms. The lowest BCUT2D eigenvalue weighted by molar-refractivity contribution is 0.355. The van der Waals surface area contributed by atoms with E-state index in [1.54, 1.807) is 42.5 Å². The van der Waals surface area contributed by atoms with Crippen LogP contribution in [0.4, 0.5) is 5.69 Å². The monoisotopic (exact) mass is 345 g/mol. The van der Waals surface area contributed by atoms with Crippen molar-refractivity contribution in [3.05, 3.63) is 48.0 Å². The molecule has 0 aliphatic rings. The second kappa shape index (κ2) is 7.28. The Morgan fingerprint density at radius 2 is 1.67 bits per heavy atom. The Labute approximate surface area is 142 Å².